The van der Waals surface area contributed by atoms with Gasteiger partial charge in [0.1, 0.15) is 12.4 Å². The number of nitrogens with zero attached hydrogens (tertiary/aromatic N) is 1. The van der Waals surface area contributed by atoms with Crippen LogP contribution in [0, 0.1) is 0 Å². The third-order valence-electron chi connectivity index (χ3n) is 3.06. The van der Waals surface area contributed by atoms with Crippen LogP contribution in [0.1, 0.15) is 18.1 Å². The minimum Gasteiger partial charge on any atom is -0.488 e. The van der Waals surface area contributed by atoms with E-state index in [2.05, 4.69) is 31.8 Å². The summed E-state index contributed by atoms with van der Waals surface area (Å²) in [6.07, 6.45) is 1.65. The molecule has 132 valence electrons. The van der Waals surface area contributed by atoms with Crippen LogP contribution in [0.25, 0.3) is 0 Å². The number of hydrogen-bond donors (Lipinski definition) is 2. The van der Waals surface area contributed by atoms with Crippen LogP contribution in [0.15, 0.2) is 46.0 Å². The van der Waals surface area contributed by atoms with Gasteiger partial charge in [-0.15, -0.1) is 0 Å². The van der Waals surface area contributed by atoms with Gasteiger partial charge >= 0.3 is 0 Å². The van der Waals surface area contributed by atoms with Crippen molar-refractivity contribution < 1.29 is 4.74 Å². The van der Waals surface area contributed by atoms with Gasteiger partial charge in [0.25, 0.3) is 0 Å². The Hall–Kier alpha value is -1.34. The van der Waals surface area contributed by atoms with Crippen LogP contribution in [0.3, 0.4) is 0 Å². The molecule has 0 amide bonds. The number of hydrogen-bond acceptors (Lipinski definition) is 3. The van der Waals surface area contributed by atoms with Crippen molar-refractivity contribution >= 4 is 62.7 Å². The molecule has 0 aliphatic carbocycles. The first-order valence-electron chi connectivity index (χ1n) is 7.42. The molecule has 0 aliphatic heterocycles. The Morgan fingerprint density at radius 2 is 2.04 bits per heavy atom. The van der Waals surface area contributed by atoms with Crippen LogP contribution >= 0.6 is 51.3 Å². The van der Waals surface area contributed by atoms with Crippen molar-refractivity contribution in [3.63, 3.8) is 0 Å². The van der Waals surface area contributed by atoms with Crippen molar-refractivity contribution in [2.24, 2.45) is 5.10 Å². The third kappa shape index (κ3) is 6.47. The number of ether oxygens (including phenoxy) is 1. The van der Waals surface area contributed by atoms with Gasteiger partial charge in [0.2, 0.25) is 0 Å². The van der Waals surface area contributed by atoms with E-state index in [1.54, 1.807) is 18.3 Å². The van der Waals surface area contributed by atoms with Crippen molar-refractivity contribution in [3.8, 4) is 5.75 Å². The highest BCUT2D eigenvalue weighted by atomic mass is 79.9. The van der Waals surface area contributed by atoms with Gasteiger partial charge in [-0.1, -0.05) is 45.2 Å². The highest BCUT2D eigenvalue weighted by molar-refractivity contribution is 9.10. The van der Waals surface area contributed by atoms with Crippen LogP contribution < -0.4 is 15.5 Å². The fourth-order valence-corrected chi connectivity index (χ4v) is 2.80. The number of halogens is 3. The minimum absolute atomic E-state index is 0.364. The lowest BCUT2D eigenvalue weighted by Crippen LogP contribution is -2.31. The van der Waals surface area contributed by atoms with E-state index in [-0.39, 0.29) is 0 Å². The maximum Gasteiger partial charge on any atom is 0.186 e. The zero-order valence-electron chi connectivity index (χ0n) is 13.4. The lowest BCUT2D eigenvalue weighted by Gasteiger charge is -2.10. The molecule has 2 rings (SSSR count). The quantitative estimate of drug-likeness (QED) is 0.355. The standard InChI is InChI=1S/C17H16BrCl2N3OS/c1-2-21-17(25)23-22-9-12-8-13(18)4-6-16(12)24-10-11-3-5-14(19)15(20)7-11/h3-9H,2,10H2,1H3,(H2,21,23,25). The smallest absolute Gasteiger partial charge is 0.186 e. The average molecular weight is 461 g/mol. The topological polar surface area (TPSA) is 45.7 Å². The Morgan fingerprint density at radius 3 is 2.76 bits per heavy atom. The molecule has 0 fully saturated rings. The molecule has 0 aromatic heterocycles. The first-order chi connectivity index (χ1) is 12.0. The number of thiocarbonyl (C=S) groups is 1. The molecule has 4 nitrogen and oxygen atoms in total. The molecule has 8 heteroatoms. The Morgan fingerprint density at radius 1 is 1.24 bits per heavy atom. The van der Waals surface area contributed by atoms with Crippen LogP contribution in [-0.4, -0.2) is 17.9 Å². The molecule has 0 atom stereocenters. The second kappa shape index (κ2) is 9.97. The van der Waals surface area contributed by atoms with Gasteiger partial charge in [-0.2, -0.15) is 5.10 Å². The van der Waals surface area contributed by atoms with Crippen molar-refractivity contribution in [2.45, 2.75) is 13.5 Å². The van der Waals surface area contributed by atoms with E-state index in [1.165, 1.54) is 0 Å². The number of rotatable bonds is 6. The molecule has 0 heterocycles. The summed E-state index contributed by atoms with van der Waals surface area (Å²) in [7, 11) is 0. The summed E-state index contributed by atoms with van der Waals surface area (Å²) >= 11 is 20.5. The zero-order chi connectivity index (χ0) is 18.2. The Labute approximate surface area is 170 Å². The lowest BCUT2D eigenvalue weighted by atomic mass is 10.2. The molecule has 0 bridgehead atoms. The SMILES string of the molecule is CCNC(=S)NN=Cc1cc(Br)ccc1OCc1ccc(Cl)c(Cl)c1. The van der Waals surface area contributed by atoms with E-state index in [0.29, 0.717) is 27.5 Å². The summed E-state index contributed by atoms with van der Waals surface area (Å²) in [5.41, 5.74) is 4.48. The monoisotopic (exact) mass is 459 g/mol. The van der Waals surface area contributed by atoms with Crippen molar-refractivity contribution in [1.29, 1.82) is 0 Å². The van der Waals surface area contributed by atoms with Gasteiger partial charge in [0, 0.05) is 16.6 Å². The Balaban J connectivity index is 2.08. The van der Waals surface area contributed by atoms with Gasteiger partial charge in [-0.05, 0) is 55.0 Å². The first-order valence-corrected chi connectivity index (χ1v) is 9.38. The molecule has 2 N–H and O–H groups in total. The van der Waals surface area contributed by atoms with Crippen molar-refractivity contribution in [3.05, 3.63) is 62.0 Å². The fourth-order valence-electron chi connectivity index (χ4n) is 1.90. The van der Waals surface area contributed by atoms with Crippen LogP contribution in [0.4, 0.5) is 0 Å². The maximum atomic E-state index is 6.03. The zero-order valence-corrected chi connectivity index (χ0v) is 17.3. The van der Waals surface area contributed by atoms with Gasteiger partial charge in [0.15, 0.2) is 5.11 Å². The van der Waals surface area contributed by atoms with E-state index >= 15 is 0 Å². The van der Waals surface area contributed by atoms with E-state index in [0.717, 1.165) is 22.1 Å². The molecular weight excluding hydrogens is 445 g/mol. The van der Waals surface area contributed by atoms with Crippen molar-refractivity contribution in [2.75, 3.05) is 6.54 Å². The molecule has 2 aromatic rings. The second-order valence-electron chi connectivity index (χ2n) is 4.95. The van der Waals surface area contributed by atoms with Crippen LogP contribution in [-0.2, 0) is 6.61 Å². The Bertz CT molecular complexity index is 786. The third-order valence-corrected chi connectivity index (χ3v) is 4.53. The summed E-state index contributed by atoms with van der Waals surface area (Å²) < 4.78 is 6.81. The molecule has 25 heavy (non-hydrogen) atoms. The molecule has 2 aromatic carbocycles. The molecule has 0 aliphatic rings. The van der Waals surface area contributed by atoms with E-state index in [9.17, 15) is 0 Å². The van der Waals surface area contributed by atoms with Gasteiger partial charge in [-0.3, -0.25) is 5.43 Å². The second-order valence-corrected chi connectivity index (χ2v) is 7.09. The number of benzene rings is 2. The largest absolute Gasteiger partial charge is 0.488 e. The molecule has 0 spiro atoms. The minimum atomic E-state index is 0.364. The molecule has 0 saturated carbocycles. The fraction of sp³-hybridized carbons (Fsp3) is 0.176. The van der Waals surface area contributed by atoms with Gasteiger partial charge in [-0.25, -0.2) is 0 Å². The molecule has 0 unspecified atom stereocenters. The highest BCUT2D eigenvalue weighted by Gasteiger charge is 2.05. The van der Waals surface area contributed by atoms with E-state index in [1.807, 2.05) is 31.2 Å². The van der Waals surface area contributed by atoms with E-state index in [4.69, 9.17) is 40.2 Å². The lowest BCUT2D eigenvalue weighted by molar-refractivity contribution is 0.306. The Kier molecular flexibility index (Phi) is 7.96. The van der Waals surface area contributed by atoms with Gasteiger partial charge < -0.3 is 10.1 Å². The number of hydrazone groups is 1. The van der Waals surface area contributed by atoms with E-state index < -0.39 is 0 Å². The maximum absolute atomic E-state index is 6.03. The summed E-state index contributed by atoms with van der Waals surface area (Å²) in [5.74, 6) is 0.689. The number of nitrogens with one attached hydrogen (secondary N) is 2. The summed E-state index contributed by atoms with van der Waals surface area (Å²) in [5, 5.41) is 8.57. The summed E-state index contributed by atoms with van der Waals surface area (Å²) in [6, 6.07) is 11.1. The predicted molar refractivity (Wildman–Crippen MR) is 112 cm³/mol. The summed E-state index contributed by atoms with van der Waals surface area (Å²) in [6.45, 7) is 3.06. The molecule has 0 saturated heterocycles. The normalized spacial score (nSPS) is 10.7. The highest BCUT2D eigenvalue weighted by Crippen LogP contribution is 2.25. The van der Waals surface area contributed by atoms with Crippen molar-refractivity contribution in [1.82, 2.24) is 10.7 Å². The predicted octanol–water partition coefficient (Wildman–Crippen LogP) is 5.15. The average Bonchev–Trinajstić information content (AvgIpc) is 2.57. The summed E-state index contributed by atoms with van der Waals surface area (Å²) in [4.78, 5) is 0. The van der Waals surface area contributed by atoms with Crippen LogP contribution in [0.5, 0.6) is 5.75 Å². The first kappa shape index (κ1) is 20.0. The molecule has 0 radical (unpaired) electrons. The van der Waals surface area contributed by atoms with Gasteiger partial charge in [0.05, 0.1) is 16.3 Å². The molecular formula is C17H16BrCl2N3OS. The van der Waals surface area contributed by atoms with Crippen LogP contribution in [0.2, 0.25) is 10.0 Å².